The fourth-order valence-electron chi connectivity index (χ4n) is 3.02. The first-order valence-corrected chi connectivity index (χ1v) is 8.73. The van der Waals surface area contributed by atoms with Gasteiger partial charge < -0.3 is 10.1 Å². The van der Waals surface area contributed by atoms with Crippen LogP contribution in [0.1, 0.15) is 15.9 Å². The smallest absolute Gasteiger partial charge is 0.350 e. The van der Waals surface area contributed by atoms with E-state index in [4.69, 9.17) is 4.74 Å². The Morgan fingerprint density at radius 1 is 1.07 bits per heavy atom. The van der Waals surface area contributed by atoms with E-state index < -0.39 is 0 Å². The number of methoxy groups -OCH3 is 1. The summed E-state index contributed by atoms with van der Waals surface area (Å²) >= 11 is 0. The molecule has 0 saturated carbocycles. The van der Waals surface area contributed by atoms with Crippen LogP contribution in [0, 0.1) is 0 Å². The molecule has 7 nitrogen and oxygen atoms in total. The average molecular weight is 374 g/mol. The van der Waals surface area contributed by atoms with E-state index in [-0.39, 0.29) is 11.6 Å². The van der Waals surface area contributed by atoms with Crippen molar-refractivity contribution in [3.8, 4) is 5.75 Å². The summed E-state index contributed by atoms with van der Waals surface area (Å²) in [5.74, 6) is 0.243. The quantitative estimate of drug-likeness (QED) is 0.583. The number of pyridine rings is 1. The highest BCUT2D eigenvalue weighted by Gasteiger charge is 2.12. The Kier molecular flexibility index (Phi) is 4.63. The molecule has 0 radical (unpaired) electrons. The zero-order valence-corrected chi connectivity index (χ0v) is 15.2. The van der Waals surface area contributed by atoms with Crippen molar-refractivity contribution < 1.29 is 9.53 Å². The van der Waals surface area contributed by atoms with E-state index >= 15 is 0 Å². The maximum Gasteiger partial charge on any atom is 0.350 e. The van der Waals surface area contributed by atoms with E-state index in [1.807, 2.05) is 30.3 Å². The molecule has 0 saturated heterocycles. The van der Waals surface area contributed by atoms with Crippen LogP contribution in [-0.2, 0) is 6.54 Å². The minimum absolute atomic E-state index is 0.209. The molecule has 2 aromatic heterocycles. The summed E-state index contributed by atoms with van der Waals surface area (Å²) < 4.78 is 8.13. The third kappa shape index (κ3) is 3.37. The van der Waals surface area contributed by atoms with Gasteiger partial charge in [0.25, 0.3) is 5.91 Å². The van der Waals surface area contributed by atoms with Gasteiger partial charge in [-0.05, 0) is 42.0 Å². The van der Waals surface area contributed by atoms with Crippen LogP contribution in [0.5, 0.6) is 5.75 Å². The van der Waals surface area contributed by atoms with E-state index in [0.717, 1.165) is 5.56 Å². The predicted molar refractivity (Wildman–Crippen MR) is 106 cm³/mol. The summed E-state index contributed by atoms with van der Waals surface area (Å²) in [6.07, 6.45) is 1.69. The summed E-state index contributed by atoms with van der Waals surface area (Å²) in [5, 5.41) is 7.20. The summed E-state index contributed by atoms with van der Waals surface area (Å²) in [6.45, 7) is 0.304. The van der Waals surface area contributed by atoms with Gasteiger partial charge in [0, 0.05) is 11.9 Å². The third-order valence-electron chi connectivity index (χ3n) is 4.36. The van der Waals surface area contributed by atoms with Crippen molar-refractivity contribution in [1.82, 2.24) is 14.2 Å². The highest BCUT2D eigenvalue weighted by Crippen LogP contribution is 2.19. The maximum absolute atomic E-state index is 12.6. The number of amides is 1. The Morgan fingerprint density at radius 3 is 2.71 bits per heavy atom. The van der Waals surface area contributed by atoms with Gasteiger partial charge in [-0.2, -0.15) is 0 Å². The molecule has 0 aliphatic heterocycles. The number of ether oxygens (including phenoxy) is 1. The number of hydrogen-bond acceptors (Lipinski definition) is 4. The molecule has 4 rings (SSSR count). The molecule has 2 aromatic carbocycles. The molecule has 0 aliphatic carbocycles. The van der Waals surface area contributed by atoms with Crippen LogP contribution in [-0.4, -0.2) is 27.2 Å². The minimum atomic E-state index is -0.264. The monoisotopic (exact) mass is 374 g/mol. The molecule has 0 spiro atoms. The SMILES string of the molecule is COc1ccccc1C(=O)Nc1cccc(Cn2nc3ccccn3c2=O)c1. The fraction of sp³-hybridized carbons (Fsp3) is 0.0952. The molecule has 0 atom stereocenters. The number of nitrogens with zero attached hydrogens (tertiary/aromatic N) is 3. The molecular weight excluding hydrogens is 356 g/mol. The van der Waals surface area contributed by atoms with Gasteiger partial charge in [-0.3, -0.25) is 9.20 Å². The minimum Gasteiger partial charge on any atom is -0.496 e. The van der Waals surface area contributed by atoms with E-state index in [1.165, 1.54) is 16.2 Å². The van der Waals surface area contributed by atoms with Crippen molar-refractivity contribution in [2.24, 2.45) is 0 Å². The number of para-hydroxylation sites is 1. The average Bonchev–Trinajstić information content (AvgIpc) is 3.04. The van der Waals surface area contributed by atoms with Crippen molar-refractivity contribution in [3.05, 3.63) is 94.5 Å². The first-order valence-electron chi connectivity index (χ1n) is 8.73. The summed E-state index contributed by atoms with van der Waals surface area (Å²) in [7, 11) is 1.53. The number of benzene rings is 2. The maximum atomic E-state index is 12.6. The molecule has 4 aromatic rings. The standard InChI is InChI=1S/C21H18N4O3/c1-28-18-10-3-2-9-17(18)20(26)22-16-8-6-7-15(13-16)14-25-21(27)24-12-5-4-11-19(24)23-25/h2-13H,14H2,1H3,(H,22,26). The second kappa shape index (κ2) is 7.40. The lowest BCUT2D eigenvalue weighted by atomic mass is 10.1. The van der Waals surface area contributed by atoms with Crippen molar-refractivity contribution in [1.29, 1.82) is 0 Å². The molecule has 0 unspecified atom stereocenters. The molecule has 0 aliphatic rings. The lowest BCUT2D eigenvalue weighted by Crippen LogP contribution is -2.21. The highest BCUT2D eigenvalue weighted by molar-refractivity contribution is 6.06. The lowest BCUT2D eigenvalue weighted by molar-refractivity contribution is 0.102. The van der Waals surface area contributed by atoms with Gasteiger partial charge in [0.05, 0.1) is 19.2 Å². The topological polar surface area (TPSA) is 77.6 Å². The van der Waals surface area contributed by atoms with Crippen LogP contribution in [0.2, 0.25) is 0 Å². The number of aromatic nitrogens is 3. The molecular formula is C21H18N4O3. The second-order valence-electron chi connectivity index (χ2n) is 6.22. The number of carbonyl (C=O) groups excluding carboxylic acids is 1. The van der Waals surface area contributed by atoms with E-state index in [2.05, 4.69) is 10.4 Å². The predicted octanol–water partition coefficient (Wildman–Crippen LogP) is 2.81. The van der Waals surface area contributed by atoms with Crippen LogP contribution >= 0.6 is 0 Å². The Bertz CT molecular complexity index is 1210. The van der Waals surface area contributed by atoms with Crippen LogP contribution in [0.3, 0.4) is 0 Å². The fourth-order valence-corrected chi connectivity index (χ4v) is 3.02. The zero-order chi connectivity index (χ0) is 19.5. The summed E-state index contributed by atoms with van der Waals surface area (Å²) in [6, 6.07) is 19.8. The Hall–Kier alpha value is -3.87. The molecule has 140 valence electrons. The van der Waals surface area contributed by atoms with Crippen LogP contribution in [0.4, 0.5) is 5.69 Å². The van der Waals surface area contributed by atoms with Gasteiger partial charge in [-0.25, -0.2) is 9.48 Å². The Balaban J connectivity index is 1.57. The molecule has 0 fully saturated rings. The first-order chi connectivity index (χ1) is 13.7. The molecule has 1 amide bonds. The van der Waals surface area contributed by atoms with Gasteiger partial charge in [-0.15, -0.1) is 5.10 Å². The highest BCUT2D eigenvalue weighted by atomic mass is 16.5. The number of nitrogens with one attached hydrogen (secondary N) is 1. The molecule has 28 heavy (non-hydrogen) atoms. The van der Waals surface area contributed by atoms with E-state index in [1.54, 1.807) is 42.6 Å². The number of anilines is 1. The van der Waals surface area contributed by atoms with Crippen molar-refractivity contribution in [2.75, 3.05) is 12.4 Å². The van der Waals surface area contributed by atoms with E-state index in [0.29, 0.717) is 29.2 Å². The van der Waals surface area contributed by atoms with Gasteiger partial charge >= 0.3 is 5.69 Å². The lowest BCUT2D eigenvalue weighted by Gasteiger charge is -2.10. The number of fused-ring (bicyclic) bond motifs is 1. The summed E-state index contributed by atoms with van der Waals surface area (Å²) in [4.78, 5) is 25.0. The zero-order valence-electron chi connectivity index (χ0n) is 15.2. The number of rotatable bonds is 5. The first kappa shape index (κ1) is 17.5. The van der Waals surface area contributed by atoms with Crippen molar-refractivity contribution in [2.45, 2.75) is 6.54 Å². The second-order valence-corrected chi connectivity index (χ2v) is 6.22. The Morgan fingerprint density at radius 2 is 1.89 bits per heavy atom. The number of carbonyl (C=O) groups is 1. The Labute approximate surface area is 160 Å². The number of hydrogen-bond donors (Lipinski definition) is 1. The van der Waals surface area contributed by atoms with Crippen LogP contribution < -0.4 is 15.7 Å². The molecule has 0 bridgehead atoms. The van der Waals surface area contributed by atoms with Crippen molar-refractivity contribution >= 4 is 17.2 Å². The van der Waals surface area contributed by atoms with Crippen molar-refractivity contribution in [3.63, 3.8) is 0 Å². The molecule has 1 N–H and O–H groups in total. The molecule has 7 heteroatoms. The van der Waals surface area contributed by atoms with Gasteiger partial charge in [-0.1, -0.05) is 30.3 Å². The van der Waals surface area contributed by atoms with Crippen LogP contribution in [0.25, 0.3) is 5.65 Å². The van der Waals surface area contributed by atoms with Gasteiger partial charge in [0.1, 0.15) is 5.75 Å². The normalized spacial score (nSPS) is 10.8. The van der Waals surface area contributed by atoms with Gasteiger partial charge in [0.15, 0.2) is 5.65 Å². The van der Waals surface area contributed by atoms with Crippen LogP contribution in [0.15, 0.2) is 77.7 Å². The van der Waals surface area contributed by atoms with E-state index in [9.17, 15) is 9.59 Å². The summed E-state index contributed by atoms with van der Waals surface area (Å²) in [5.41, 5.74) is 2.31. The largest absolute Gasteiger partial charge is 0.496 e. The third-order valence-corrected chi connectivity index (χ3v) is 4.36. The molecule has 2 heterocycles. The van der Waals surface area contributed by atoms with Gasteiger partial charge in [0.2, 0.25) is 0 Å².